The van der Waals surface area contributed by atoms with Crippen LogP contribution in [-0.4, -0.2) is 15.9 Å². The van der Waals surface area contributed by atoms with Crippen molar-refractivity contribution in [1.29, 1.82) is 0 Å². The molecule has 0 saturated carbocycles. The number of para-hydroxylation sites is 1. The Morgan fingerprint density at radius 3 is 3.11 bits per heavy atom. The molecule has 3 nitrogen and oxygen atoms in total. The average molecular weight is 290 g/mol. The van der Waals surface area contributed by atoms with E-state index < -0.39 is 0 Å². The normalized spacial score (nSPS) is 14.3. The van der Waals surface area contributed by atoms with Crippen LogP contribution in [-0.2, 0) is 12.3 Å². The third kappa shape index (κ3) is 1.60. The first-order chi connectivity index (χ1) is 9.38. The number of aromatic nitrogens is 2. The lowest BCUT2D eigenvalue weighted by molar-refractivity contribution is 0.968. The van der Waals surface area contributed by atoms with Crippen LogP contribution in [0.2, 0.25) is 0 Å². The molecule has 0 unspecified atom stereocenters. The van der Waals surface area contributed by atoms with Gasteiger partial charge in [0.1, 0.15) is 0 Å². The van der Waals surface area contributed by atoms with Gasteiger partial charge in [0.05, 0.1) is 11.6 Å². The third-order valence-electron chi connectivity index (χ3n) is 3.61. The van der Waals surface area contributed by atoms with Gasteiger partial charge in [-0.3, -0.25) is 4.40 Å². The molecule has 96 valence electrons. The maximum absolute atomic E-state index is 6.13. The van der Waals surface area contributed by atoms with Gasteiger partial charge in [-0.25, -0.2) is 4.98 Å². The molecule has 0 atom stereocenters. The van der Waals surface area contributed by atoms with E-state index in [0.717, 1.165) is 29.4 Å². The van der Waals surface area contributed by atoms with Crippen LogP contribution in [0.15, 0.2) is 35.8 Å². The van der Waals surface area contributed by atoms with E-state index >= 15 is 0 Å². The largest absolute Gasteiger partial charge is 0.324 e. The molecule has 0 bridgehead atoms. The molecule has 1 aliphatic rings. The topological polar surface area (TPSA) is 20.5 Å². The van der Waals surface area contributed by atoms with Crippen molar-refractivity contribution in [2.24, 2.45) is 0 Å². The van der Waals surface area contributed by atoms with Crippen molar-refractivity contribution in [2.45, 2.75) is 12.3 Å². The van der Waals surface area contributed by atoms with Crippen LogP contribution in [0.4, 0.5) is 11.5 Å². The first kappa shape index (κ1) is 11.3. The molecule has 3 heterocycles. The van der Waals surface area contributed by atoms with Gasteiger partial charge >= 0.3 is 0 Å². The van der Waals surface area contributed by atoms with Crippen molar-refractivity contribution >= 4 is 39.4 Å². The fourth-order valence-corrected chi connectivity index (χ4v) is 3.70. The summed E-state index contributed by atoms with van der Waals surface area (Å²) < 4.78 is 2.09. The lowest BCUT2D eigenvalue weighted by atomic mass is 10.2. The van der Waals surface area contributed by atoms with E-state index in [9.17, 15) is 0 Å². The molecule has 2 aromatic heterocycles. The number of halogens is 1. The minimum atomic E-state index is 0.478. The summed E-state index contributed by atoms with van der Waals surface area (Å²) in [6.45, 7) is 0.980. The summed E-state index contributed by atoms with van der Waals surface area (Å²) in [6, 6.07) is 8.52. The standard InChI is InChI=1S/C14H12ClN3S/c15-9-12-13(16-14-18(12)7-8-19-14)17-6-5-10-3-1-2-4-11(10)17/h1-4,7-8H,5-6,9H2. The molecular formula is C14H12ClN3S. The molecule has 0 spiro atoms. The number of rotatable bonds is 2. The van der Waals surface area contributed by atoms with Crippen LogP contribution in [0.3, 0.4) is 0 Å². The summed E-state index contributed by atoms with van der Waals surface area (Å²) in [4.78, 5) is 8.04. The van der Waals surface area contributed by atoms with E-state index in [2.05, 4.69) is 33.6 Å². The van der Waals surface area contributed by atoms with Crippen molar-refractivity contribution in [3.63, 3.8) is 0 Å². The van der Waals surface area contributed by atoms with Crippen LogP contribution >= 0.6 is 22.9 Å². The maximum atomic E-state index is 6.13. The monoisotopic (exact) mass is 289 g/mol. The molecule has 5 heteroatoms. The fraction of sp³-hybridized carbons (Fsp3) is 0.214. The Balaban J connectivity index is 1.89. The van der Waals surface area contributed by atoms with Crippen LogP contribution in [0.1, 0.15) is 11.3 Å². The summed E-state index contributed by atoms with van der Waals surface area (Å²) in [5, 5.41) is 2.04. The van der Waals surface area contributed by atoms with E-state index in [1.165, 1.54) is 11.3 Å². The van der Waals surface area contributed by atoms with Crippen molar-refractivity contribution in [3.8, 4) is 0 Å². The number of fused-ring (bicyclic) bond motifs is 2. The van der Waals surface area contributed by atoms with Crippen LogP contribution in [0.5, 0.6) is 0 Å². The van der Waals surface area contributed by atoms with E-state index in [0.29, 0.717) is 5.88 Å². The highest BCUT2D eigenvalue weighted by molar-refractivity contribution is 7.15. The maximum Gasteiger partial charge on any atom is 0.195 e. The zero-order chi connectivity index (χ0) is 12.8. The van der Waals surface area contributed by atoms with Crippen molar-refractivity contribution in [3.05, 3.63) is 47.1 Å². The van der Waals surface area contributed by atoms with Gasteiger partial charge in [-0.15, -0.1) is 22.9 Å². The minimum absolute atomic E-state index is 0.478. The number of benzene rings is 1. The van der Waals surface area contributed by atoms with E-state index in [1.54, 1.807) is 11.3 Å². The second kappa shape index (κ2) is 4.25. The van der Waals surface area contributed by atoms with E-state index in [4.69, 9.17) is 16.6 Å². The second-order valence-electron chi connectivity index (χ2n) is 4.60. The number of imidazole rings is 1. The summed E-state index contributed by atoms with van der Waals surface area (Å²) in [6.07, 6.45) is 3.11. The molecule has 0 radical (unpaired) electrons. The Hall–Kier alpha value is -1.52. The van der Waals surface area contributed by atoms with Gasteiger partial charge in [0.2, 0.25) is 0 Å². The highest BCUT2D eigenvalue weighted by Gasteiger charge is 2.25. The van der Waals surface area contributed by atoms with Gasteiger partial charge in [0.25, 0.3) is 0 Å². The highest BCUT2D eigenvalue weighted by Crippen LogP contribution is 2.37. The van der Waals surface area contributed by atoms with Crippen LogP contribution in [0.25, 0.3) is 4.96 Å². The molecule has 0 saturated heterocycles. The quantitative estimate of drug-likeness (QED) is 0.668. The summed E-state index contributed by atoms with van der Waals surface area (Å²) in [7, 11) is 0. The first-order valence-electron chi connectivity index (χ1n) is 6.24. The van der Waals surface area contributed by atoms with Crippen LogP contribution < -0.4 is 4.90 Å². The number of hydrogen-bond acceptors (Lipinski definition) is 3. The molecule has 0 aliphatic carbocycles. The Morgan fingerprint density at radius 1 is 1.32 bits per heavy atom. The van der Waals surface area contributed by atoms with Gasteiger partial charge in [-0.2, -0.15) is 0 Å². The fourth-order valence-electron chi connectivity index (χ4n) is 2.72. The smallest absolute Gasteiger partial charge is 0.195 e. The predicted molar refractivity (Wildman–Crippen MR) is 79.8 cm³/mol. The summed E-state index contributed by atoms with van der Waals surface area (Å²) in [5.74, 6) is 1.48. The molecule has 4 rings (SSSR count). The molecule has 0 amide bonds. The molecule has 3 aromatic rings. The SMILES string of the molecule is ClCc1c(N2CCc3ccccc32)nc2sccn12. The van der Waals surface area contributed by atoms with Gasteiger partial charge < -0.3 is 4.90 Å². The average Bonchev–Trinajstić information content (AvgIpc) is 3.11. The number of alkyl halides is 1. The Labute approximate surface area is 120 Å². The molecule has 1 aromatic carbocycles. The van der Waals surface area contributed by atoms with Crippen LogP contribution in [0, 0.1) is 0 Å². The Bertz CT molecular complexity index is 746. The molecule has 1 aliphatic heterocycles. The highest BCUT2D eigenvalue weighted by atomic mass is 35.5. The minimum Gasteiger partial charge on any atom is -0.324 e. The zero-order valence-corrected chi connectivity index (χ0v) is 11.8. The van der Waals surface area contributed by atoms with Gasteiger partial charge in [0.15, 0.2) is 10.8 Å². The van der Waals surface area contributed by atoms with Crippen molar-refractivity contribution < 1.29 is 0 Å². The Kier molecular flexibility index (Phi) is 2.53. The number of anilines is 2. The third-order valence-corrected chi connectivity index (χ3v) is 4.62. The zero-order valence-electron chi connectivity index (χ0n) is 10.2. The molecule has 19 heavy (non-hydrogen) atoms. The second-order valence-corrected chi connectivity index (χ2v) is 5.74. The van der Waals surface area contributed by atoms with Gasteiger partial charge in [-0.05, 0) is 18.1 Å². The number of nitrogens with zero attached hydrogens (tertiary/aromatic N) is 3. The lowest BCUT2D eigenvalue weighted by Gasteiger charge is -2.17. The van der Waals surface area contributed by atoms with E-state index in [-0.39, 0.29) is 0 Å². The predicted octanol–water partition coefficient (Wildman–Crippen LogP) is 3.83. The van der Waals surface area contributed by atoms with Crippen molar-refractivity contribution in [2.75, 3.05) is 11.4 Å². The summed E-state index contributed by atoms with van der Waals surface area (Å²) >= 11 is 7.78. The van der Waals surface area contributed by atoms with Gasteiger partial charge in [0, 0.05) is 23.8 Å². The lowest BCUT2D eigenvalue weighted by Crippen LogP contribution is -2.15. The van der Waals surface area contributed by atoms with Gasteiger partial charge in [-0.1, -0.05) is 18.2 Å². The Morgan fingerprint density at radius 2 is 2.21 bits per heavy atom. The molecule has 0 N–H and O–H groups in total. The first-order valence-corrected chi connectivity index (χ1v) is 7.66. The van der Waals surface area contributed by atoms with Crippen molar-refractivity contribution in [1.82, 2.24) is 9.38 Å². The number of thiazole rings is 1. The number of hydrogen-bond donors (Lipinski definition) is 0. The molecule has 0 fully saturated rings. The summed E-state index contributed by atoms with van der Waals surface area (Å²) in [5.41, 5.74) is 3.73. The van der Waals surface area contributed by atoms with E-state index in [1.807, 2.05) is 11.6 Å². The molecular weight excluding hydrogens is 278 g/mol.